The van der Waals surface area contributed by atoms with Crippen molar-refractivity contribution in [1.82, 2.24) is 0 Å². The Labute approximate surface area is 168 Å². The van der Waals surface area contributed by atoms with Crippen molar-refractivity contribution < 1.29 is 19.1 Å². The maximum Gasteiger partial charge on any atom is 0.343 e. The molecule has 3 rings (SSSR count). The number of amides is 2. The van der Waals surface area contributed by atoms with Gasteiger partial charge in [0.1, 0.15) is 5.75 Å². The van der Waals surface area contributed by atoms with Crippen LogP contribution in [-0.4, -0.2) is 17.8 Å². The first-order valence-electron chi connectivity index (χ1n) is 8.99. The molecule has 0 heterocycles. The molecule has 3 aromatic rings. The molecule has 0 atom stereocenters. The van der Waals surface area contributed by atoms with Gasteiger partial charge in [-0.3, -0.25) is 9.59 Å². The summed E-state index contributed by atoms with van der Waals surface area (Å²) in [6, 6.07) is 20.3. The molecule has 0 aliphatic rings. The first-order valence-corrected chi connectivity index (χ1v) is 8.99. The Morgan fingerprint density at radius 2 is 1.48 bits per heavy atom. The number of nitrogens with one attached hydrogen (secondary N) is 2. The lowest BCUT2D eigenvalue weighted by Crippen LogP contribution is -2.12. The number of hydrogen-bond donors (Lipinski definition) is 2. The van der Waals surface area contributed by atoms with Crippen LogP contribution in [0.4, 0.5) is 11.4 Å². The molecule has 0 unspecified atom stereocenters. The van der Waals surface area contributed by atoms with Crippen LogP contribution < -0.4 is 15.4 Å². The lowest BCUT2D eigenvalue weighted by Gasteiger charge is -2.10. The summed E-state index contributed by atoms with van der Waals surface area (Å²) < 4.78 is 5.38. The fourth-order valence-electron chi connectivity index (χ4n) is 2.64. The van der Waals surface area contributed by atoms with Gasteiger partial charge in [-0.15, -0.1) is 0 Å². The molecule has 0 aliphatic heterocycles. The lowest BCUT2D eigenvalue weighted by molar-refractivity contribution is -0.114. The monoisotopic (exact) mass is 388 g/mol. The van der Waals surface area contributed by atoms with E-state index in [4.69, 9.17) is 4.74 Å². The van der Waals surface area contributed by atoms with Gasteiger partial charge in [0, 0.05) is 23.9 Å². The van der Waals surface area contributed by atoms with Gasteiger partial charge < -0.3 is 15.4 Å². The molecule has 3 aromatic carbocycles. The van der Waals surface area contributed by atoms with E-state index < -0.39 is 5.97 Å². The molecular formula is C23H20N2O4. The summed E-state index contributed by atoms with van der Waals surface area (Å²) in [4.78, 5) is 35.9. The van der Waals surface area contributed by atoms with Gasteiger partial charge in [-0.2, -0.15) is 0 Å². The second-order valence-electron chi connectivity index (χ2n) is 6.44. The van der Waals surface area contributed by atoms with Crippen LogP contribution in [0.2, 0.25) is 0 Å². The Bertz CT molecular complexity index is 1040. The normalized spacial score (nSPS) is 10.1. The Kier molecular flexibility index (Phi) is 6.04. The molecule has 0 bridgehead atoms. The predicted molar refractivity (Wildman–Crippen MR) is 111 cm³/mol. The average molecular weight is 388 g/mol. The Balaban J connectivity index is 1.66. The third-order valence-electron chi connectivity index (χ3n) is 4.14. The molecule has 2 N–H and O–H groups in total. The molecule has 0 aromatic heterocycles. The second kappa shape index (κ2) is 8.84. The molecule has 146 valence electrons. The zero-order valence-electron chi connectivity index (χ0n) is 16.1. The Morgan fingerprint density at radius 1 is 0.793 bits per heavy atom. The molecule has 0 radical (unpaired) electrons. The minimum absolute atomic E-state index is 0.216. The van der Waals surface area contributed by atoms with Crippen molar-refractivity contribution in [2.24, 2.45) is 0 Å². The van der Waals surface area contributed by atoms with E-state index in [-0.39, 0.29) is 11.8 Å². The maximum atomic E-state index is 12.4. The smallest absolute Gasteiger partial charge is 0.343 e. The van der Waals surface area contributed by atoms with Crippen LogP contribution in [0.3, 0.4) is 0 Å². The molecule has 0 saturated carbocycles. The summed E-state index contributed by atoms with van der Waals surface area (Å²) >= 11 is 0. The SMILES string of the molecule is CC(=O)Nc1cc(C(=O)Oc2ccc(NC(=O)c3ccccc3)cc2)ccc1C. The average Bonchev–Trinajstić information content (AvgIpc) is 2.71. The van der Waals surface area contributed by atoms with Crippen molar-refractivity contribution in [3.8, 4) is 5.75 Å². The first kappa shape index (κ1) is 19.8. The first-order chi connectivity index (χ1) is 13.9. The van der Waals surface area contributed by atoms with Crippen LogP contribution in [0, 0.1) is 6.92 Å². The summed E-state index contributed by atoms with van der Waals surface area (Å²) in [6.45, 7) is 3.24. The highest BCUT2D eigenvalue weighted by Crippen LogP contribution is 2.21. The van der Waals surface area contributed by atoms with E-state index in [1.807, 2.05) is 13.0 Å². The second-order valence-corrected chi connectivity index (χ2v) is 6.44. The van der Waals surface area contributed by atoms with Crippen molar-refractivity contribution in [3.63, 3.8) is 0 Å². The maximum absolute atomic E-state index is 12.4. The standard InChI is InChI=1S/C23H20N2O4/c1-15-8-9-18(14-21(15)24-16(2)26)23(28)29-20-12-10-19(11-13-20)25-22(27)17-6-4-3-5-7-17/h3-14H,1-2H3,(H,24,26)(H,25,27). The molecule has 0 saturated heterocycles. The Morgan fingerprint density at radius 3 is 2.14 bits per heavy atom. The van der Waals surface area contributed by atoms with Crippen molar-refractivity contribution in [2.75, 3.05) is 10.6 Å². The summed E-state index contributed by atoms with van der Waals surface area (Å²) in [5.41, 5.74) is 2.86. The zero-order valence-corrected chi connectivity index (χ0v) is 16.1. The minimum atomic E-state index is -0.544. The predicted octanol–water partition coefficient (Wildman–Crippen LogP) is 4.42. The molecule has 29 heavy (non-hydrogen) atoms. The molecule has 2 amide bonds. The quantitative estimate of drug-likeness (QED) is 0.500. The molecular weight excluding hydrogens is 368 g/mol. The lowest BCUT2D eigenvalue weighted by atomic mass is 10.1. The zero-order chi connectivity index (χ0) is 20.8. The van der Waals surface area contributed by atoms with E-state index in [2.05, 4.69) is 10.6 Å². The number of esters is 1. The van der Waals surface area contributed by atoms with Crippen molar-refractivity contribution in [3.05, 3.63) is 89.5 Å². The van der Waals surface area contributed by atoms with Crippen LogP contribution >= 0.6 is 0 Å². The van der Waals surface area contributed by atoms with Crippen LogP contribution in [0.15, 0.2) is 72.8 Å². The fourth-order valence-corrected chi connectivity index (χ4v) is 2.64. The minimum Gasteiger partial charge on any atom is -0.423 e. The van der Waals surface area contributed by atoms with Gasteiger partial charge in [-0.1, -0.05) is 24.3 Å². The highest BCUT2D eigenvalue weighted by Gasteiger charge is 2.12. The van der Waals surface area contributed by atoms with Gasteiger partial charge in [0.2, 0.25) is 5.91 Å². The fraction of sp³-hybridized carbons (Fsp3) is 0.0870. The summed E-state index contributed by atoms with van der Waals surface area (Å²) in [7, 11) is 0. The van der Waals surface area contributed by atoms with Gasteiger partial charge in [0.05, 0.1) is 5.56 Å². The number of benzene rings is 3. The number of hydrogen-bond acceptors (Lipinski definition) is 4. The van der Waals surface area contributed by atoms with E-state index in [9.17, 15) is 14.4 Å². The number of aryl methyl sites for hydroxylation is 1. The number of carbonyl (C=O) groups is 3. The molecule has 0 aliphatic carbocycles. The molecule has 6 nitrogen and oxygen atoms in total. The number of rotatable bonds is 5. The van der Waals surface area contributed by atoms with Gasteiger partial charge >= 0.3 is 5.97 Å². The molecule has 0 fully saturated rings. The highest BCUT2D eigenvalue weighted by molar-refractivity contribution is 6.04. The van der Waals surface area contributed by atoms with Gasteiger partial charge in [-0.05, 0) is 61.0 Å². The third kappa shape index (κ3) is 5.29. The largest absolute Gasteiger partial charge is 0.423 e. The number of carbonyl (C=O) groups excluding carboxylic acids is 3. The van der Waals surface area contributed by atoms with E-state index >= 15 is 0 Å². The summed E-state index contributed by atoms with van der Waals surface area (Å²) in [5.74, 6) is -0.640. The molecule has 6 heteroatoms. The summed E-state index contributed by atoms with van der Waals surface area (Å²) in [6.07, 6.45) is 0. The van der Waals surface area contributed by atoms with Crippen molar-refractivity contribution >= 4 is 29.2 Å². The van der Waals surface area contributed by atoms with Crippen LogP contribution in [-0.2, 0) is 4.79 Å². The van der Waals surface area contributed by atoms with Gasteiger partial charge in [-0.25, -0.2) is 4.79 Å². The Hall–Kier alpha value is -3.93. The van der Waals surface area contributed by atoms with Gasteiger partial charge in [0.15, 0.2) is 0 Å². The number of ether oxygens (including phenoxy) is 1. The van der Waals surface area contributed by atoms with E-state index in [1.54, 1.807) is 66.7 Å². The van der Waals surface area contributed by atoms with Crippen LogP contribution in [0.5, 0.6) is 5.75 Å². The molecule has 0 spiro atoms. The third-order valence-corrected chi connectivity index (χ3v) is 4.14. The highest BCUT2D eigenvalue weighted by atomic mass is 16.5. The topological polar surface area (TPSA) is 84.5 Å². The van der Waals surface area contributed by atoms with Crippen molar-refractivity contribution in [1.29, 1.82) is 0 Å². The van der Waals surface area contributed by atoms with E-state index in [1.165, 1.54) is 6.92 Å². The summed E-state index contributed by atoms with van der Waals surface area (Å²) in [5, 5.41) is 5.47. The van der Waals surface area contributed by atoms with Crippen LogP contribution in [0.1, 0.15) is 33.2 Å². The number of anilines is 2. The van der Waals surface area contributed by atoms with Gasteiger partial charge in [0.25, 0.3) is 5.91 Å². The van der Waals surface area contributed by atoms with Crippen molar-refractivity contribution in [2.45, 2.75) is 13.8 Å². The van der Waals surface area contributed by atoms with E-state index in [0.717, 1.165) is 5.56 Å². The van der Waals surface area contributed by atoms with E-state index in [0.29, 0.717) is 28.3 Å². The van der Waals surface area contributed by atoms with Crippen LogP contribution in [0.25, 0.3) is 0 Å².